The first-order valence-corrected chi connectivity index (χ1v) is 6.77. The van der Waals surface area contributed by atoms with Gasteiger partial charge in [0.05, 0.1) is 11.7 Å². The number of nitrogens with one attached hydrogen (secondary N) is 1. The highest BCUT2D eigenvalue weighted by Crippen LogP contribution is 2.36. The Morgan fingerprint density at radius 3 is 2.76 bits per heavy atom. The lowest BCUT2D eigenvalue weighted by molar-refractivity contribution is -0.133. The van der Waals surface area contributed by atoms with Gasteiger partial charge in [-0.3, -0.25) is 10.1 Å². The minimum atomic E-state index is -0.208. The predicted molar refractivity (Wildman–Crippen MR) is 66.6 cm³/mol. The first-order valence-electron chi connectivity index (χ1n) is 6.77. The van der Waals surface area contributed by atoms with Gasteiger partial charge in [-0.05, 0) is 32.6 Å². The number of amides is 1. The van der Waals surface area contributed by atoms with Gasteiger partial charge in [0.25, 0.3) is 0 Å². The zero-order chi connectivity index (χ0) is 12.3. The molecule has 1 N–H and O–H groups in total. The molecule has 2 fully saturated rings. The van der Waals surface area contributed by atoms with Crippen LogP contribution in [-0.2, 0) is 9.53 Å². The van der Waals surface area contributed by atoms with E-state index in [1.54, 1.807) is 7.11 Å². The van der Waals surface area contributed by atoms with Gasteiger partial charge in [0, 0.05) is 20.3 Å². The van der Waals surface area contributed by atoms with Crippen LogP contribution in [0.5, 0.6) is 0 Å². The Morgan fingerprint density at radius 1 is 1.41 bits per heavy atom. The van der Waals surface area contributed by atoms with Crippen molar-refractivity contribution in [1.82, 2.24) is 10.2 Å². The van der Waals surface area contributed by atoms with Crippen molar-refractivity contribution in [2.24, 2.45) is 0 Å². The third-order valence-electron chi connectivity index (χ3n) is 4.08. The van der Waals surface area contributed by atoms with Gasteiger partial charge >= 0.3 is 0 Å². The summed E-state index contributed by atoms with van der Waals surface area (Å²) in [7, 11) is 1.72. The van der Waals surface area contributed by atoms with E-state index < -0.39 is 0 Å². The molecule has 1 heterocycles. The molecule has 1 atom stereocenters. The van der Waals surface area contributed by atoms with Gasteiger partial charge in [-0.15, -0.1) is 0 Å². The number of ether oxygens (including phenoxy) is 1. The molecule has 4 heteroatoms. The van der Waals surface area contributed by atoms with Crippen LogP contribution in [0.3, 0.4) is 0 Å². The molecule has 1 spiro atoms. The van der Waals surface area contributed by atoms with Crippen molar-refractivity contribution >= 4 is 5.91 Å². The maximum absolute atomic E-state index is 12.4. The topological polar surface area (TPSA) is 41.6 Å². The third-order valence-corrected chi connectivity index (χ3v) is 4.08. The minimum Gasteiger partial charge on any atom is -0.385 e. The van der Waals surface area contributed by atoms with Crippen molar-refractivity contribution in [2.45, 2.75) is 57.2 Å². The molecule has 2 rings (SSSR count). The number of rotatable bonds is 5. The van der Waals surface area contributed by atoms with Crippen LogP contribution in [-0.4, -0.2) is 42.8 Å². The van der Waals surface area contributed by atoms with Gasteiger partial charge < -0.3 is 9.64 Å². The molecule has 2 aliphatic rings. The summed E-state index contributed by atoms with van der Waals surface area (Å²) in [5.74, 6) is 0.333. The first kappa shape index (κ1) is 12.8. The predicted octanol–water partition coefficient (Wildman–Crippen LogP) is 1.50. The average Bonchev–Trinajstić information content (AvgIpc) is 2.85. The Balaban J connectivity index is 1.88. The number of carbonyl (C=O) groups excluding carboxylic acids is 1. The molecule has 1 saturated carbocycles. The Labute approximate surface area is 104 Å². The van der Waals surface area contributed by atoms with Crippen molar-refractivity contribution in [3.63, 3.8) is 0 Å². The van der Waals surface area contributed by atoms with Gasteiger partial charge in [-0.1, -0.05) is 12.8 Å². The lowest BCUT2D eigenvalue weighted by Crippen LogP contribution is -2.44. The summed E-state index contributed by atoms with van der Waals surface area (Å²) in [6, 6.07) is 0. The molecule has 1 unspecified atom stereocenters. The van der Waals surface area contributed by atoms with Crippen molar-refractivity contribution < 1.29 is 9.53 Å². The monoisotopic (exact) mass is 240 g/mol. The molecule has 4 nitrogen and oxygen atoms in total. The molecule has 1 saturated heterocycles. The molecule has 0 radical (unpaired) electrons. The molecule has 0 aromatic heterocycles. The summed E-state index contributed by atoms with van der Waals surface area (Å²) in [6.07, 6.45) is 6.66. The second-order valence-corrected chi connectivity index (χ2v) is 5.31. The van der Waals surface area contributed by atoms with Crippen molar-refractivity contribution in [3.05, 3.63) is 0 Å². The summed E-state index contributed by atoms with van der Waals surface area (Å²) in [5, 5.41) is 3.52. The summed E-state index contributed by atoms with van der Waals surface area (Å²) in [4.78, 5) is 14.5. The van der Waals surface area contributed by atoms with Crippen LogP contribution in [0.2, 0.25) is 0 Å². The van der Waals surface area contributed by atoms with E-state index in [1.807, 2.05) is 4.90 Å². The molecule has 1 aliphatic heterocycles. The van der Waals surface area contributed by atoms with Crippen LogP contribution in [0.4, 0.5) is 0 Å². The highest BCUT2D eigenvalue weighted by Gasteiger charge is 2.50. The Kier molecular flexibility index (Phi) is 4.05. The number of nitrogens with zero attached hydrogens (tertiary/aromatic N) is 1. The van der Waals surface area contributed by atoms with Gasteiger partial charge in [0.1, 0.15) is 0 Å². The highest BCUT2D eigenvalue weighted by atomic mass is 16.5. The van der Waals surface area contributed by atoms with Crippen LogP contribution < -0.4 is 5.32 Å². The quantitative estimate of drug-likeness (QED) is 0.741. The van der Waals surface area contributed by atoms with E-state index in [0.29, 0.717) is 5.91 Å². The third kappa shape index (κ3) is 2.47. The van der Waals surface area contributed by atoms with E-state index in [1.165, 1.54) is 12.8 Å². The van der Waals surface area contributed by atoms with Crippen molar-refractivity contribution in [2.75, 3.05) is 20.3 Å². The minimum absolute atomic E-state index is 0.197. The van der Waals surface area contributed by atoms with E-state index >= 15 is 0 Å². The lowest BCUT2D eigenvalue weighted by Gasteiger charge is -2.22. The number of carbonyl (C=O) groups is 1. The standard InChI is InChI=1S/C13H24N2O2/c1-11-14-13(7-3-4-8-13)12(16)15(11)9-5-6-10-17-2/h11,14H,3-10H2,1-2H3. The maximum Gasteiger partial charge on any atom is 0.244 e. The first-order chi connectivity index (χ1) is 8.19. The van der Waals surface area contributed by atoms with Gasteiger partial charge in [0.15, 0.2) is 0 Å². The second kappa shape index (κ2) is 5.36. The number of hydrogen-bond donors (Lipinski definition) is 1. The van der Waals surface area contributed by atoms with E-state index in [-0.39, 0.29) is 11.7 Å². The van der Waals surface area contributed by atoms with E-state index in [9.17, 15) is 4.79 Å². The lowest BCUT2D eigenvalue weighted by atomic mass is 9.98. The van der Waals surface area contributed by atoms with Gasteiger partial charge in [0.2, 0.25) is 5.91 Å². The molecule has 0 aromatic rings. The van der Waals surface area contributed by atoms with Gasteiger partial charge in [-0.2, -0.15) is 0 Å². The zero-order valence-corrected chi connectivity index (χ0v) is 11.0. The maximum atomic E-state index is 12.4. The molecule has 98 valence electrons. The molecular weight excluding hydrogens is 216 g/mol. The molecule has 1 aliphatic carbocycles. The fourth-order valence-electron chi connectivity index (χ4n) is 3.15. The van der Waals surface area contributed by atoms with Crippen LogP contribution in [0.1, 0.15) is 45.4 Å². The van der Waals surface area contributed by atoms with E-state index in [4.69, 9.17) is 4.74 Å². The zero-order valence-electron chi connectivity index (χ0n) is 11.0. The van der Waals surface area contributed by atoms with E-state index in [0.717, 1.165) is 38.8 Å². The van der Waals surface area contributed by atoms with Crippen LogP contribution >= 0.6 is 0 Å². The summed E-state index contributed by atoms with van der Waals surface area (Å²) >= 11 is 0. The largest absolute Gasteiger partial charge is 0.385 e. The highest BCUT2D eigenvalue weighted by molar-refractivity contribution is 5.89. The average molecular weight is 240 g/mol. The van der Waals surface area contributed by atoms with Crippen LogP contribution in [0.25, 0.3) is 0 Å². The van der Waals surface area contributed by atoms with Gasteiger partial charge in [-0.25, -0.2) is 0 Å². The summed E-state index contributed by atoms with van der Waals surface area (Å²) in [6.45, 7) is 3.74. The van der Waals surface area contributed by atoms with Crippen molar-refractivity contribution in [1.29, 1.82) is 0 Å². The normalized spacial score (nSPS) is 27.3. The smallest absolute Gasteiger partial charge is 0.244 e. The number of hydrogen-bond acceptors (Lipinski definition) is 3. The molecule has 0 aromatic carbocycles. The Morgan fingerprint density at radius 2 is 2.12 bits per heavy atom. The fourth-order valence-corrected chi connectivity index (χ4v) is 3.15. The summed E-state index contributed by atoms with van der Waals surface area (Å²) in [5.41, 5.74) is -0.208. The molecule has 17 heavy (non-hydrogen) atoms. The van der Waals surface area contributed by atoms with Crippen LogP contribution in [0, 0.1) is 0 Å². The Bertz CT molecular complexity index is 275. The molecular formula is C13H24N2O2. The number of unbranched alkanes of at least 4 members (excludes halogenated alkanes) is 1. The SMILES string of the molecule is COCCCCN1C(=O)C2(CCCC2)NC1C. The fraction of sp³-hybridized carbons (Fsp3) is 0.923. The molecule has 0 bridgehead atoms. The second-order valence-electron chi connectivity index (χ2n) is 5.31. The van der Waals surface area contributed by atoms with E-state index in [2.05, 4.69) is 12.2 Å². The Hall–Kier alpha value is -0.610. The van der Waals surface area contributed by atoms with Crippen molar-refractivity contribution in [3.8, 4) is 0 Å². The van der Waals surface area contributed by atoms with Crippen LogP contribution in [0.15, 0.2) is 0 Å². The number of methoxy groups -OCH3 is 1. The summed E-state index contributed by atoms with van der Waals surface area (Å²) < 4.78 is 5.03. The molecule has 1 amide bonds.